The van der Waals surface area contributed by atoms with Gasteiger partial charge in [-0.25, -0.2) is 0 Å². The van der Waals surface area contributed by atoms with Crippen LogP contribution in [0.4, 0.5) is 5.69 Å². The Balaban J connectivity index is 1.77. The van der Waals surface area contributed by atoms with Crippen LogP contribution in [0.3, 0.4) is 0 Å². The van der Waals surface area contributed by atoms with Gasteiger partial charge in [0.15, 0.2) is 5.78 Å². The average Bonchev–Trinajstić information content (AvgIpc) is 2.77. The number of carbonyl (C=O) groups excluding carboxylic acids is 1. The zero-order valence-electron chi connectivity index (χ0n) is 15.2. The first kappa shape index (κ1) is 16.3. The van der Waals surface area contributed by atoms with Gasteiger partial charge in [0.1, 0.15) is 0 Å². The highest BCUT2D eigenvalue weighted by Crippen LogP contribution is 2.45. The summed E-state index contributed by atoms with van der Waals surface area (Å²) in [7, 11) is 0. The number of anilines is 1. The van der Waals surface area contributed by atoms with E-state index in [2.05, 4.69) is 34.6 Å². The minimum absolute atomic E-state index is 0.248. The molecule has 0 unspecified atom stereocenters. The summed E-state index contributed by atoms with van der Waals surface area (Å²) in [4.78, 5) is 17.8. The van der Waals surface area contributed by atoms with Crippen LogP contribution in [0.2, 0.25) is 0 Å². The topological polar surface area (TPSA) is 23.6 Å². The fourth-order valence-corrected chi connectivity index (χ4v) is 4.41. The van der Waals surface area contributed by atoms with Gasteiger partial charge in [-0.05, 0) is 37.3 Å². The molecule has 0 spiro atoms. The van der Waals surface area contributed by atoms with Gasteiger partial charge in [0.05, 0.1) is 5.41 Å². The van der Waals surface area contributed by atoms with Gasteiger partial charge in [-0.2, -0.15) is 0 Å². The quantitative estimate of drug-likeness (QED) is 0.792. The summed E-state index contributed by atoms with van der Waals surface area (Å²) >= 11 is 0. The monoisotopic (exact) mass is 334 g/mol. The standard InChI is InChI=1S/C22H26N2O/c1-4-11-23-12-6-13-24(15-14-23)19-10-9-18-20-16(19)7-5-8-17(20)21(25)22(18,2)3/h4-5,7-10H,1,6,11-15H2,2-3H3. The van der Waals surface area contributed by atoms with Crippen LogP contribution in [0.1, 0.15) is 36.2 Å². The summed E-state index contributed by atoms with van der Waals surface area (Å²) in [6.07, 6.45) is 3.14. The maximum Gasteiger partial charge on any atom is 0.173 e. The molecule has 130 valence electrons. The van der Waals surface area contributed by atoms with E-state index in [4.69, 9.17) is 0 Å². The van der Waals surface area contributed by atoms with Gasteiger partial charge in [-0.1, -0.05) is 30.3 Å². The van der Waals surface area contributed by atoms with E-state index in [1.165, 1.54) is 22.0 Å². The molecule has 0 bridgehead atoms. The molecule has 1 fully saturated rings. The first-order valence-corrected chi connectivity index (χ1v) is 9.23. The van der Waals surface area contributed by atoms with Crippen molar-refractivity contribution in [3.63, 3.8) is 0 Å². The molecule has 0 saturated carbocycles. The van der Waals surface area contributed by atoms with Crippen LogP contribution in [0.5, 0.6) is 0 Å². The Morgan fingerprint density at radius 2 is 1.96 bits per heavy atom. The third-order valence-corrected chi connectivity index (χ3v) is 5.82. The van der Waals surface area contributed by atoms with Crippen LogP contribution in [0.15, 0.2) is 43.0 Å². The molecule has 0 radical (unpaired) electrons. The van der Waals surface area contributed by atoms with E-state index >= 15 is 0 Å². The summed E-state index contributed by atoms with van der Waals surface area (Å²) in [6.45, 7) is 13.2. The van der Waals surface area contributed by atoms with Gasteiger partial charge in [-0.15, -0.1) is 6.58 Å². The van der Waals surface area contributed by atoms with E-state index in [-0.39, 0.29) is 5.78 Å². The van der Waals surface area contributed by atoms with E-state index in [9.17, 15) is 4.79 Å². The van der Waals surface area contributed by atoms with E-state index in [1.807, 2.05) is 32.1 Å². The van der Waals surface area contributed by atoms with Gasteiger partial charge in [0.2, 0.25) is 0 Å². The molecule has 1 aliphatic heterocycles. The van der Waals surface area contributed by atoms with E-state index in [0.717, 1.165) is 44.7 Å². The fourth-order valence-electron chi connectivity index (χ4n) is 4.41. The van der Waals surface area contributed by atoms with Crippen LogP contribution in [-0.4, -0.2) is 43.4 Å². The molecule has 3 nitrogen and oxygen atoms in total. The molecule has 0 atom stereocenters. The Morgan fingerprint density at radius 3 is 2.76 bits per heavy atom. The normalized spacial score (nSPS) is 20.1. The number of nitrogens with zero attached hydrogens (tertiary/aromatic N) is 2. The zero-order chi connectivity index (χ0) is 17.6. The van der Waals surface area contributed by atoms with Gasteiger partial charge in [0, 0.05) is 49.4 Å². The maximum absolute atomic E-state index is 12.8. The third kappa shape index (κ3) is 2.49. The van der Waals surface area contributed by atoms with E-state index < -0.39 is 5.41 Å². The van der Waals surface area contributed by atoms with Crippen molar-refractivity contribution in [2.75, 3.05) is 37.6 Å². The summed E-state index contributed by atoms with van der Waals surface area (Å²) < 4.78 is 0. The molecular weight excluding hydrogens is 308 g/mol. The second-order valence-corrected chi connectivity index (χ2v) is 7.74. The van der Waals surface area contributed by atoms with Crippen LogP contribution in [0, 0.1) is 0 Å². The van der Waals surface area contributed by atoms with Crippen molar-refractivity contribution in [1.29, 1.82) is 0 Å². The predicted octanol–water partition coefficient (Wildman–Crippen LogP) is 4.01. The van der Waals surface area contributed by atoms with Gasteiger partial charge >= 0.3 is 0 Å². The highest BCUT2D eigenvalue weighted by atomic mass is 16.1. The Labute approximate surface area is 149 Å². The number of benzene rings is 2. The van der Waals surface area contributed by atoms with Crippen molar-refractivity contribution < 1.29 is 4.79 Å². The molecule has 2 aromatic carbocycles. The molecule has 4 rings (SSSR count). The molecule has 3 heteroatoms. The lowest BCUT2D eigenvalue weighted by molar-refractivity contribution is 0.0920. The van der Waals surface area contributed by atoms with Crippen molar-refractivity contribution in [1.82, 2.24) is 4.90 Å². The van der Waals surface area contributed by atoms with Crippen LogP contribution in [-0.2, 0) is 5.41 Å². The lowest BCUT2D eigenvalue weighted by Crippen LogP contribution is -2.31. The summed E-state index contributed by atoms with van der Waals surface area (Å²) in [5.74, 6) is 0.248. The lowest BCUT2D eigenvalue weighted by atomic mass is 9.84. The first-order chi connectivity index (χ1) is 12.0. The molecule has 1 heterocycles. The highest BCUT2D eigenvalue weighted by Gasteiger charge is 2.40. The Bertz CT molecular complexity index is 852. The Kier molecular flexibility index (Phi) is 3.92. The third-order valence-electron chi connectivity index (χ3n) is 5.82. The summed E-state index contributed by atoms with van der Waals surface area (Å²) in [5, 5.41) is 2.40. The molecule has 0 aromatic heterocycles. The molecule has 0 amide bonds. The Morgan fingerprint density at radius 1 is 1.12 bits per heavy atom. The number of rotatable bonds is 3. The Hall–Kier alpha value is -2.13. The number of ketones is 1. The molecule has 1 saturated heterocycles. The number of Topliss-reactive ketones (excluding diaryl/α,β-unsaturated/α-hetero) is 1. The minimum atomic E-state index is -0.417. The molecule has 2 aromatic rings. The largest absolute Gasteiger partial charge is 0.370 e. The van der Waals surface area contributed by atoms with Crippen LogP contribution in [0.25, 0.3) is 10.8 Å². The second-order valence-electron chi connectivity index (χ2n) is 7.74. The van der Waals surface area contributed by atoms with Gasteiger partial charge in [0.25, 0.3) is 0 Å². The van der Waals surface area contributed by atoms with Crippen molar-refractivity contribution in [2.24, 2.45) is 0 Å². The van der Waals surface area contributed by atoms with Gasteiger partial charge < -0.3 is 4.90 Å². The van der Waals surface area contributed by atoms with Crippen LogP contribution >= 0.6 is 0 Å². The number of carbonyl (C=O) groups is 1. The molecular formula is C22H26N2O. The smallest absolute Gasteiger partial charge is 0.173 e. The van der Waals surface area contributed by atoms with Crippen molar-refractivity contribution in [3.8, 4) is 0 Å². The minimum Gasteiger partial charge on any atom is -0.370 e. The van der Waals surface area contributed by atoms with E-state index in [1.54, 1.807) is 0 Å². The van der Waals surface area contributed by atoms with Crippen molar-refractivity contribution in [2.45, 2.75) is 25.7 Å². The highest BCUT2D eigenvalue weighted by molar-refractivity contribution is 6.21. The SMILES string of the molecule is C=CCN1CCCN(c2ccc3c4c(cccc24)C(=O)C3(C)C)CC1. The molecule has 0 N–H and O–H groups in total. The van der Waals surface area contributed by atoms with Crippen LogP contribution < -0.4 is 4.90 Å². The first-order valence-electron chi connectivity index (χ1n) is 9.23. The summed E-state index contributed by atoms with van der Waals surface area (Å²) in [5.41, 5.74) is 2.92. The fraction of sp³-hybridized carbons (Fsp3) is 0.409. The predicted molar refractivity (Wildman–Crippen MR) is 105 cm³/mol. The average molecular weight is 334 g/mol. The van der Waals surface area contributed by atoms with Gasteiger partial charge in [-0.3, -0.25) is 9.69 Å². The molecule has 25 heavy (non-hydrogen) atoms. The molecule has 2 aliphatic rings. The zero-order valence-corrected chi connectivity index (χ0v) is 15.2. The van der Waals surface area contributed by atoms with Crippen molar-refractivity contribution in [3.05, 3.63) is 54.1 Å². The lowest BCUT2D eigenvalue weighted by Gasteiger charge is -2.26. The number of hydrogen-bond donors (Lipinski definition) is 0. The van der Waals surface area contributed by atoms with Crippen molar-refractivity contribution >= 4 is 22.2 Å². The maximum atomic E-state index is 12.8. The second kappa shape index (κ2) is 5.99. The summed E-state index contributed by atoms with van der Waals surface area (Å²) in [6, 6.07) is 10.6. The van der Waals surface area contributed by atoms with E-state index in [0.29, 0.717) is 0 Å². The number of hydrogen-bond acceptors (Lipinski definition) is 3. The molecule has 1 aliphatic carbocycles.